The monoisotopic (exact) mass is 272 g/mol. The van der Waals surface area contributed by atoms with Gasteiger partial charge in [-0.3, -0.25) is 4.79 Å². The van der Waals surface area contributed by atoms with Gasteiger partial charge in [0.25, 0.3) is 5.91 Å². The van der Waals surface area contributed by atoms with Crippen LogP contribution in [0.2, 0.25) is 0 Å². The van der Waals surface area contributed by atoms with Crippen molar-refractivity contribution in [1.82, 2.24) is 9.88 Å². The highest BCUT2D eigenvalue weighted by atomic mass is 32.1. The van der Waals surface area contributed by atoms with Crippen LogP contribution in [0.1, 0.15) is 10.6 Å². The van der Waals surface area contributed by atoms with Crippen LogP contribution in [0.3, 0.4) is 0 Å². The maximum atomic E-state index is 11.8. The summed E-state index contributed by atoms with van der Waals surface area (Å²) in [6.45, 7) is 0. The average molecular weight is 272 g/mol. The Morgan fingerprint density at radius 3 is 2.74 bits per heavy atom. The smallest absolute Gasteiger partial charge is 0.289 e. The van der Waals surface area contributed by atoms with E-state index >= 15 is 0 Å². The number of hydrogen-bond acceptors (Lipinski definition) is 4. The SMILES string of the molecule is CN(C)C(=O)c1ccc(-c2nc3ccccc3s2)o1. The standard InChI is InChI=1S/C14H12N2O2S/c1-16(2)14(17)11-8-7-10(18-11)13-15-9-5-3-4-6-12(9)19-13/h3-8H,1-2H3. The molecule has 0 saturated carbocycles. The second-order valence-electron chi connectivity index (χ2n) is 4.35. The first kappa shape index (κ1) is 11.9. The average Bonchev–Trinajstić information content (AvgIpc) is 3.03. The third-order valence-corrected chi connectivity index (χ3v) is 3.78. The zero-order valence-corrected chi connectivity index (χ0v) is 11.4. The minimum Gasteiger partial charge on any atom is -0.448 e. The maximum absolute atomic E-state index is 11.8. The fourth-order valence-electron chi connectivity index (χ4n) is 1.77. The molecule has 0 aliphatic rings. The van der Waals surface area contributed by atoms with Gasteiger partial charge in [-0.2, -0.15) is 0 Å². The Morgan fingerprint density at radius 1 is 1.21 bits per heavy atom. The summed E-state index contributed by atoms with van der Waals surface area (Å²) in [6.07, 6.45) is 0. The number of hydrogen-bond donors (Lipinski definition) is 0. The quantitative estimate of drug-likeness (QED) is 0.719. The van der Waals surface area contributed by atoms with E-state index in [4.69, 9.17) is 4.42 Å². The summed E-state index contributed by atoms with van der Waals surface area (Å²) >= 11 is 1.55. The Bertz CT molecular complexity index is 710. The van der Waals surface area contributed by atoms with E-state index < -0.39 is 0 Å². The zero-order valence-electron chi connectivity index (χ0n) is 10.6. The van der Waals surface area contributed by atoms with E-state index in [1.54, 1.807) is 37.6 Å². The molecule has 0 fully saturated rings. The normalized spacial score (nSPS) is 10.8. The van der Waals surface area contributed by atoms with Crippen molar-refractivity contribution in [3.63, 3.8) is 0 Å². The van der Waals surface area contributed by atoms with E-state index in [1.807, 2.05) is 24.3 Å². The van der Waals surface area contributed by atoms with E-state index in [-0.39, 0.29) is 5.91 Å². The number of amides is 1. The van der Waals surface area contributed by atoms with E-state index in [0.29, 0.717) is 11.5 Å². The van der Waals surface area contributed by atoms with Gasteiger partial charge in [0.05, 0.1) is 10.2 Å². The Kier molecular flexibility index (Phi) is 2.83. The number of aromatic nitrogens is 1. The Labute approximate surface area is 114 Å². The summed E-state index contributed by atoms with van der Waals surface area (Å²) in [5.74, 6) is 0.818. The van der Waals surface area contributed by atoms with Crippen LogP contribution in [0.4, 0.5) is 0 Å². The summed E-state index contributed by atoms with van der Waals surface area (Å²) in [5, 5.41) is 0.791. The van der Waals surface area contributed by atoms with Gasteiger partial charge in [0.15, 0.2) is 16.5 Å². The van der Waals surface area contributed by atoms with Gasteiger partial charge in [-0.25, -0.2) is 4.98 Å². The van der Waals surface area contributed by atoms with Crippen molar-refractivity contribution >= 4 is 27.5 Å². The molecule has 1 aromatic carbocycles. The first-order chi connectivity index (χ1) is 9.15. The summed E-state index contributed by atoms with van der Waals surface area (Å²) < 4.78 is 6.68. The number of furan rings is 1. The summed E-state index contributed by atoms with van der Waals surface area (Å²) in [5.41, 5.74) is 0.944. The first-order valence-electron chi connectivity index (χ1n) is 5.82. The van der Waals surface area contributed by atoms with E-state index in [1.165, 1.54) is 4.90 Å². The fraction of sp³-hybridized carbons (Fsp3) is 0.143. The van der Waals surface area contributed by atoms with Gasteiger partial charge in [0.1, 0.15) is 0 Å². The molecule has 0 bridgehead atoms. The number of carbonyl (C=O) groups is 1. The van der Waals surface area contributed by atoms with Crippen molar-refractivity contribution in [3.8, 4) is 10.8 Å². The molecule has 0 N–H and O–H groups in total. The Morgan fingerprint density at radius 2 is 2.00 bits per heavy atom. The molecule has 96 valence electrons. The van der Waals surface area contributed by atoms with E-state index in [0.717, 1.165) is 15.2 Å². The van der Waals surface area contributed by atoms with Crippen LogP contribution < -0.4 is 0 Å². The van der Waals surface area contributed by atoms with Gasteiger partial charge in [-0.1, -0.05) is 12.1 Å². The van der Waals surface area contributed by atoms with Gasteiger partial charge in [-0.05, 0) is 24.3 Å². The molecule has 0 saturated heterocycles. The van der Waals surface area contributed by atoms with Gasteiger partial charge in [0.2, 0.25) is 0 Å². The third-order valence-electron chi connectivity index (χ3n) is 2.73. The van der Waals surface area contributed by atoms with Gasteiger partial charge in [0, 0.05) is 14.1 Å². The van der Waals surface area contributed by atoms with Crippen LogP contribution in [-0.2, 0) is 0 Å². The van der Waals surface area contributed by atoms with Gasteiger partial charge >= 0.3 is 0 Å². The molecule has 0 radical (unpaired) electrons. The molecule has 3 aromatic rings. The topological polar surface area (TPSA) is 46.3 Å². The molecular formula is C14H12N2O2S. The third kappa shape index (κ3) is 2.13. The molecule has 0 aliphatic heterocycles. The number of thiazole rings is 1. The van der Waals surface area contributed by atoms with Crippen LogP contribution in [0.15, 0.2) is 40.8 Å². The van der Waals surface area contributed by atoms with Crippen molar-refractivity contribution in [2.45, 2.75) is 0 Å². The maximum Gasteiger partial charge on any atom is 0.289 e. The highest BCUT2D eigenvalue weighted by Crippen LogP contribution is 2.31. The number of rotatable bonds is 2. The fourth-order valence-corrected chi connectivity index (χ4v) is 2.69. The van der Waals surface area contributed by atoms with Crippen LogP contribution in [0.25, 0.3) is 21.0 Å². The molecule has 3 rings (SSSR count). The molecule has 0 unspecified atom stereocenters. The number of nitrogens with zero attached hydrogens (tertiary/aromatic N) is 2. The molecule has 0 spiro atoms. The Balaban J connectivity index is 2.00. The molecule has 2 aromatic heterocycles. The molecule has 1 amide bonds. The van der Waals surface area contributed by atoms with E-state index in [2.05, 4.69) is 4.98 Å². The van der Waals surface area contributed by atoms with Crippen LogP contribution in [0.5, 0.6) is 0 Å². The highest BCUT2D eigenvalue weighted by molar-refractivity contribution is 7.21. The van der Waals surface area contributed by atoms with Crippen LogP contribution in [-0.4, -0.2) is 29.9 Å². The summed E-state index contributed by atoms with van der Waals surface area (Å²) in [4.78, 5) is 17.8. The molecule has 4 nitrogen and oxygen atoms in total. The molecule has 19 heavy (non-hydrogen) atoms. The highest BCUT2D eigenvalue weighted by Gasteiger charge is 2.15. The van der Waals surface area contributed by atoms with Crippen molar-refractivity contribution in [2.75, 3.05) is 14.1 Å². The molecule has 0 aliphatic carbocycles. The van der Waals surface area contributed by atoms with Crippen molar-refractivity contribution in [1.29, 1.82) is 0 Å². The summed E-state index contributed by atoms with van der Waals surface area (Å²) in [7, 11) is 3.39. The minimum atomic E-state index is -0.146. The lowest BCUT2D eigenvalue weighted by molar-refractivity contribution is 0.0797. The Hall–Kier alpha value is -2.14. The predicted molar refractivity (Wildman–Crippen MR) is 75.3 cm³/mol. The molecule has 0 atom stereocenters. The van der Waals surface area contributed by atoms with Gasteiger partial charge in [-0.15, -0.1) is 11.3 Å². The van der Waals surface area contributed by atoms with Crippen LogP contribution in [0, 0.1) is 0 Å². The zero-order chi connectivity index (χ0) is 13.4. The lowest BCUT2D eigenvalue weighted by Crippen LogP contribution is -2.20. The number of para-hydroxylation sites is 1. The van der Waals surface area contributed by atoms with Crippen molar-refractivity contribution in [2.24, 2.45) is 0 Å². The number of carbonyl (C=O) groups excluding carboxylic acids is 1. The number of fused-ring (bicyclic) bond motifs is 1. The molecular weight excluding hydrogens is 260 g/mol. The van der Waals surface area contributed by atoms with Gasteiger partial charge < -0.3 is 9.32 Å². The predicted octanol–water partition coefficient (Wildman–Crippen LogP) is 3.26. The summed E-state index contributed by atoms with van der Waals surface area (Å²) in [6, 6.07) is 11.4. The first-order valence-corrected chi connectivity index (χ1v) is 6.64. The van der Waals surface area contributed by atoms with Crippen LogP contribution >= 0.6 is 11.3 Å². The largest absolute Gasteiger partial charge is 0.448 e. The minimum absolute atomic E-state index is 0.146. The van der Waals surface area contributed by atoms with E-state index in [9.17, 15) is 4.79 Å². The molecule has 5 heteroatoms. The second-order valence-corrected chi connectivity index (χ2v) is 5.38. The number of benzene rings is 1. The second kappa shape index (κ2) is 4.51. The lowest BCUT2D eigenvalue weighted by atomic mass is 10.3. The van der Waals surface area contributed by atoms with Crippen molar-refractivity contribution in [3.05, 3.63) is 42.2 Å². The molecule has 2 heterocycles. The van der Waals surface area contributed by atoms with Crippen molar-refractivity contribution < 1.29 is 9.21 Å². The lowest BCUT2D eigenvalue weighted by Gasteiger charge is -2.06.